The molecule has 4 aliphatic rings. The van der Waals surface area contributed by atoms with Gasteiger partial charge in [-0.25, -0.2) is 4.98 Å². The van der Waals surface area contributed by atoms with Gasteiger partial charge in [-0.05, 0) is 56.8 Å². The first-order valence-corrected chi connectivity index (χ1v) is 14.3. The molecule has 0 unspecified atom stereocenters. The maximum atomic E-state index is 14.4. The number of H-pyrrole nitrogens is 1. The molecule has 4 aliphatic heterocycles. The Morgan fingerprint density at radius 3 is 2.60 bits per heavy atom. The van der Waals surface area contributed by atoms with E-state index in [-0.39, 0.29) is 23.8 Å². The summed E-state index contributed by atoms with van der Waals surface area (Å²) in [5.41, 5.74) is 2.37. The first kappa shape index (κ1) is 25.0. The first-order chi connectivity index (χ1) is 19.6. The van der Waals surface area contributed by atoms with Gasteiger partial charge in [0, 0.05) is 54.6 Å². The Kier molecular flexibility index (Phi) is 6.14. The molecule has 40 heavy (non-hydrogen) atoms. The van der Waals surface area contributed by atoms with E-state index in [1.165, 1.54) is 6.33 Å². The van der Waals surface area contributed by atoms with Gasteiger partial charge in [-0.15, -0.1) is 0 Å². The Hall–Kier alpha value is -4.05. The van der Waals surface area contributed by atoms with E-state index in [0.29, 0.717) is 56.8 Å². The smallest absolute Gasteiger partial charge is 0.253 e. The number of hydrogen-bond donors (Lipinski definition) is 2. The van der Waals surface area contributed by atoms with Crippen molar-refractivity contribution in [2.45, 2.75) is 43.7 Å². The van der Waals surface area contributed by atoms with Crippen LogP contribution >= 0.6 is 0 Å². The van der Waals surface area contributed by atoms with Gasteiger partial charge in [0.2, 0.25) is 5.91 Å². The average molecular weight is 540 g/mol. The van der Waals surface area contributed by atoms with Crippen LogP contribution in [-0.4, -0.2) is 81.5 Å². The highest BCUT2D eigenvalue weighted by Gasteiger charge is 2.67. The van der Waals surface area contributed by atoms with Gasteiger partial charge in [-0.3, -0.25) is 24.4 Å². The molecule has 206 valence electrons. The molecule has 10 heteroatoms. The van der Waals surface area contributed by atoms with E-state index < -0.39 is 11.5 Å². The summed E-state index contributed by atoms with van der Waals surface area (Å²) in [7, 11) is 0. The van der Waals surface area contributed by atoms with E-state index >= 15 is 0 Å². The number of benzene rings is 2. The fraction of sp³-hybridized carbons (Fsp3) is 0.433. The van der Waals surface area contributed by atoms with Crippen LogP contribution in [0.3, 0.4) is 0 Å². The molecule has 2 aromatic carbocycles. The van der Waals surface area contributed by atoms with Crippen molar-refractivity contribution in [3.8, 4) is 11.4 Å². The lowest BCUT2D eigenvalue weighted by Gasteiger charge is -2.37. The Balaban J connectivity index is 1.17. The largest absolute Gasteiger partial charge is 0.356 e. The lowest BCUT2D eigenvalue weighted by molar-refractivity contribution is -0.138. The summed E-state index contributed by atoms with van der Waals surface area (Å²) in [5.74, 6) is 0.123. The molecule has 2 N–H and O–H groups in total. The predicted octanol–water partition coefficient (Wildman–Crippen LogP) is 2.55. The Labute approximate surface area is 232 Å². The number of fused-ring (bicyclic) bond motifs is 4. The zero-order valence-electron chi connectivity index (χ0n) is 22.4. The van der Waals surface area contributed by atoms with Crippen LogP contribution in [0.15, 0.2) is 54.9 Å². The van der Waals surface area contributed by atoms with Crippen LogP contribution in [0.25, 0.3) is 11.4 Å². The van der Waals surface area contributed by atoms with Gasteiger partial charge in [0.05, 0.1) is 5.92 Å². The maximum Gasteiger partial charge on any atom is 0.253 e. The number of aromatic nitrogens is 3. The minimum atomic E-state index is -0.934. The van der Waals surface area contributed by atoms with Crippen LogP contribution in [0.1, 0.15) is 48.0 Å². The van der Waals surface area contributed by atoms with Crippen LogP contribution in [0.4, 0.5) is 5.69 Å². The number of nitrogens with zero attached hydrogens (tertiary/aromatic N) is 5. The first-order valence-electron chi connectivity index (χ1n) is 14.3. The normalized spacial score (nSPS) is 26.8. The third kappa shape index (κ3) is 3.76. The lowest BCUT2D eigenvalue weighted by atomic mass is 9.78. The molecule has 0 saturated carbocycles. The van der Waals surface area contributed by atoms with Crippen molar-refractivity contribution in [2.75, 3.05) is 37.6 Å². The molecule has 5 heterocycles. The predicted molar refractivity (Wildman–Crippen MR) is 148 cm³/mol. The van der Waals surface area contributed by atoms with Gasteiger partial charge >= 0.3 is 0 Å². The molecule has 7 rings (SSSR count). The van der Waals surface area contributed by atoms with Crippen LogP contribution < -0.4 is 10.2 Å². The summed E-state index contributed by atoms with van der Waals surface area (Å²) in [6.45, 7) is 2.84. The van der Waals surface area contributed by atoms with E-state index in [1.54, 1.807) is 12.1 Å². The van der Waals surface area contributed by atoms with Gasteiger partial charge < -0.3 is 15.1 Å². The fourth-order valence-electron chi connectivity index (χ4n) is 7.42. The number of para-hydroxylation sites is 1. The molecule has 3 fully saturated rings. The molecule has 3 aromatic rings. The van der Waals surface area contributed by atoms with Crippen LogP contribution in [0, 0.1) is 5.92 Å². The van der Waals surface area contributed by atoms with Crippen molar-refractivity contribution < 1.29 is 14.4 Å². The standard InChI is InChI=1S/C30H33N7O3/c38-27-24-18-22-6-3-17-37(22)30(24)23-7-1-2-8-25(23)36(29(30)40)16-5-15-35(14-4-13-31-27)28(39)21-11-9-20(10-12-21)26-32-19-33-34-26/h1-2,7-12,19,22,24H,3-6,13-18H2,(H,31,38)(H,32,33,34)/t22-,24+,30+/m0/s1. The van der Waals surface area contributed by atoms with E-state index in [1.807, 2.05) is 46.2 Å². The summed E-state index contributed by atoms with van der Waals surface area (Å²) in [6, 6.07) is 15.6. The molecule has 10 nitrogen and oxygen atoms in total. The van der Waals surface area contributed by atoms with Gasteiger partial charge in [0.25, 0.3) is 11.8 Å². The summed E-state index contributed by atoms with van der Waals surface area (Å²) < 4.78 is 0. The van der Waals surface area contributed by atoms with E-state index in [0.717, 1.165) is 36.2 Å². The number of anilines is 1. The number of carbonyl (C=O) groups is 3. The highest BCUT2D eigenvalue weighted by Crippen LogP contribution is 2.57. The molecule has 0 radical (unpaired) electrons. The summed E-state index contributed by atoms with van der Waals surface area (Å²) >= 11 is 0. The highest BCUT2D eigenvalue weighted by atomic mass is 16.2. The van der Waals surface area contributed by atoms with E-state index in [9.17, 15) is 14.4 Å². The number of aromatic amines is 1. The molecular weight excluding hydrogens is 506 g/mol. The topological polar surface area (TPSA) is 115 Å². The van der Waals surface area contributed by atoms with Gasteiger partial charge in [0.15, 0.2) is 5.82 Å². The van der Waals surface area contributed by atoms with Gasteiger partial charge in [-0.2, -0.15) is 5.10 Å². The average Bonchev–Trinajstić information content (AvgIpc) is 3.76. The van der Waals surface area contributed by atoms with Gasteiger partial charge in [-0.1, -0.05) is 30.3 Å². The number of hydrogen-bond acceptors (Lipinski definition) is 6. The fourth-order valence-corrected chi connectivity index (χ4v) is 7.42. The van der Waals surface area contributed by atoms with Crippen LogP contribution in [0.2, 0.25) is 0 Å². The number of amides is 3. The molecule has 1 aromatic heterocycles. The van der Waals surface area contributed by atoms with E-state index in [4.69, 9.17) is 0 Å². The van der Waals surface area contributed by atoms with Crippen molar-refractivity contribution in [3.05, 3.63) is 66.0 Å². The molecule has 3 atom stereocenters. The minimum Gasteiger partial charge on any atom is -0.356 e. The monoisotopic (exact) mass is 539 g/mol. The summed E-state index contributed by atoms with van der Waals surface area (Å²) in [4.78, 5) is 52.0. The second kappa shape index (κ2) is 9.85. The van der Waals surface area contributed by atoms with Crippen molar-refractivity contribution >= 4 is 23.4 Å². The third-order valence-electron chi connectivity index (χ3n) is 9.16. The third-order valence-corrected chi connectivity index (χ3v) is 9.16. The molecule has 3 amide bonds. The molecule has 0 aliphatic carbocycles. The molecule has 3 saturated heterocycles. The molecule has 1 spiro atoms. The number of rotatable bonds is 2. The van der Waals surface area contributed by atoms with Crippen LogP contribution in [-0.2, 0) is 15.1 Å². The van der Waals surface area contributed by atoms with Crippen molar-refractivity contribution in [3.63, 3.8) is 0 Å². The van der Waals surface area contributed by atoms with Gasteiger partial charge in [0.1, 0.15) is 11.9 Å². The Bertz CT molecular complexity index is 1440. The second-order valence-electron chi connectivity index (χ2n) is 11.2. The number of nitrogens with one attached hydrogen (secondary N) is 2. The minimum absolute atomic E-state index is 0.0124. The quantitative estimate of drug-likeness (QED) is 0.518. The lowest BCUT2D eigenvalue weighted by Crippen LogP contribution is -2.56. The summed E-state index contributed by atoms with van der Waals surface area (Å²) in [6.07, 6.45) is 5.52. The maximum absolute atomic E-state index is 14.4. The number of carbonyl (C=O) groups excluding carboxylic acids is 3. The Morgan fingerprint density at radius 2 is 1.77 bits per heavy atom. The highest BCUT2D eigenvalue weighted by molar-refractivity contribution is 6.11. The summed E-state index contributed by atoms with van der Waals surface area (Å²) in [5, 5.41) is 9.87. The van der Waals surface area contributed by atoms with Crippen molar-refractivity contribution in [1.29, 1.82) is 0 Å². The molecular formula is C30H33N7O3. The van der Waals surface area contributed by atoms with Crippen LogP contribution in [0.5, 0.6) is 0 Å². The molecule has 2 bridgehead atoms. The zero-order chi connectivity index (χ0) is 27.3. The second-order valence-corrected chi connectivity index (χ2v) is 11.2. The van der Waals surface area contributed by atoms with E-state index in [2.05, 4.69) is 25.4 Å². The zero-order valence-corrected chi connectivity index (χ0v) is 22.4. The Morgan fingerprint density at radius 1 is 0.950 bits per heavy atom. The van der Waals surface area contributed by atoms with Crippen molar-refractivity contribution in [1.82, 2.24) is 30.3 Å². The van der Waals surface area contributed by atoms with Crippen molar-refractivity contribution in [2.24, 2.45) is 5.92 Å². The SMILES string of the molecule is O=C1NCCCN(C(=O)c2ccc(-c3ncn[nH]3)cc2)CCCN2C(=O)[C@@]3(c4ccccc42)[C@@H]1C[C@@H]1CCCN13.